The highest BCUT2D eigenvalue weighted by molar-refractivity contribution is 7.89. The molecule has 0 saturated carbocycles. The summed E-state index contributed by atoms with van der Waals surface area (Å²) < 4.78 is 53.2. The number of aryl methyl sites for hydroxylation is 1. The minimum Gasteiger partial charge on any atom is -0.326 e. The van der Waals surface area contributed by atoms with E-state index >= 15 is 0 Å². The first-order valence-corrected chi connectivity index (χ1v) is 10.0. The highest BCUT2D eigenvalue weighted by Crippen LogP contribution is 2.25. The van der Waals surface area contributed by atoms with Crippen molar-refractivity contribution in [1.29, 1.82) is 0 Å². The Morgan fingerprint density at radius 1 is 1.11 bits per heavy atom. The first-order valence-electron chi connectivity index (χ1n) is 8.60. The van der Waals surface area contributed by atoms with Crippen LogP contribution in [-0.2, 0) is 14.8 Å². The van der Waals surface area contributed by atoms with Gasteiger partial charge in [-0.05, 0) is 44.0 Å². The van der Waals surface area contributed by atoms with Crippen LogP contribution in [0.15, 0.2) is 47.4 Å². The van der Waals surface area contributed by atoms with Crippen LogP contribution in [0, 0.1) is 24.5 Å². The van der Waals surface area contributed by atoms with Gasteiger partial charge in [-0.2, -0.15) is 4.31 Å². The second-order valence-corrected chi connectivity index (χ2v) is 8.57. The maximum Gasteiger partial charge on any atom is 0.243 e. The fraction of sp³-hybridized carbons (Fsp3) is 0.316. The van der Waals surface area contributed by atoms with Crippen molar-refractivity contribution in [3.8, 4) is 0 Å². The molecule has 3 rings (SSSR count). The van der Waals surface area contributed by atoms with E-state index in [0.29, 0.717) is 19.4 Å². The minimum atomic E-state index is -3.69. The fourth-order valence-electron chi connectivity index (χ4n) is 3.05. The van der Waals surface area contributed by atoms with E-state index in [1.54, 1.807) is 24.3 Å². The van der Waals surface area contributed by atoms with Crippen molar-refractivity contribution in [2.24, 2.45) is 5.92 Å². The molecule has 1 saturated heterocycles. The Bertz CT molecular complexity index is 946. The van der Waals surface area contributed by atoms with Gasteiger partial charge in [-0.1, -0.05) is 17.7 Å². The molecule has 2 aromatic rings. The Hall–Kier alpha value is -2.32. The number of nitrogens with zero attached hydrogens (tertiary/aromatic N) is 1. The molecule has 1 N–H and O–H groups in total. The Kier molecular flexibility index (Phi) is 5.57. The second-order valence-electron chi connectivity index (χ2n) is 6.63. The number of anilines is 1. The number of benzene rings is 2. The molecule has 1 amide bonds. The summed E-state index contributed by atoms with van der Waals surface area (Å²) in [5, 5.41) is 2.53. The smallest absolute Gasteiger partial charge is 0.243 e. The third-order valence-electron chi connectivity index (χ3n) is 4.60. The molecule has 8 heteroatoms. The quantitative estimate of drug-likeness (QED) is 0.865. The zero-order valence-electron chi connectivity index (χ0n) is 14.8. The zero-order chi connectivity index (χ0) is 19.6. The van der Waals surface area contributed by atoms with E-state index in [-0.39, 0.29) is 17.1 Å². The van der Waals surface area contributed by atoms with Crippen LogP contribution in [0.2, 0.25) is 0 Å². The summed E-state index contributed by atoms with van der Waals surface area (Å²) in [4.78, 5) is 12.7. The van der Waals surface area contributed by atoms with Gasteiger partial charge in [-0.3, -0.25) is 4.79 Å². The van der Waals surface area contributed by atoms with E-state index in [9.17, 15) is 22.0 Å². The van der Waals surface area contributed by atoms with Crippen LogP contribution < -0.4 is 5.32 Å². The lowest BCUT2D eigenvalue weighted by Crippen LogP contribution is -2.43. The topological polar surface area (TPSA) is 66.5 Å². The number of piperidine rings is 1. The van der Waals surface area contributed by atoms with Gasteiger partial charge < -0.3 is 5.32 Å². The normalized spacial score (nSPS) is 18.3. The van der Waals surface area contributed by atoms with Gasteiger partial charge in [-0.25, -0.2) is 17.2 Å². The maximum atomic E-state index is 13.3. The summed E-state index contributed by atoms with van der Waals surface area (Å²) >= 11 is 0. The van der Waals surface area contributed by atoms with Gasteiger partial charge in [0.05, 0.1) is 10.8 Å². The first-order chi connectivity index (χ1) is 12.8. The van der Waals surface area contributed by atoms with Crippen LogP contribution in [0.25, 0.3) is 0 Å². The van der Waals surface area contributed by atoms with Crippen LogP contribution in [0.5, 0.6) is 0 Å². The van der Waals surface area contributed by atoms with Gasteiger partial charge >= 0.3 is 0 Å². The van der Waals surface area contributed by atoms with E-state index < -0.39 is 33.5 Å². The number of carbonyl (C=O) groups is 1. The lowest BCUT2D eigenvalue weighted by atomic mass is 9.98. The number of hydrogen-bond donors (Lipinski definition) is 1. The van der Waals surface area contributed by atoms with Gasteiger partial charge in [0.1, 0.15) is 0 Å². The number of halogens is 2. The molecule has 5 nitrogen and oxygen atoms in total. The molecule has 0 radical (unpaired) electrons. The number of carbonyl (C=O) groups excluding carboxylic acids is 1. The molecular formula is C19H20F2N2O3S. The zero-order valence-corrected chi connectivity index (χ0v) is 15.6. The Labute approximate surface area is 157 Å². The molecule has 0 aliphatic carbocycles. The van der Waals surface area contributed by atoms with Crippen molar-refractivity contribution in [3.05, 3.63) is 59.7 Å². The minimum absolute atomic E-state index is 0.0473. The molecule has 0 bridgehead atoms. The summed E-state index contributed by atoms with van der Waals surface area (Å²) in [6.45, 7) is 2.26. The average Bonchev–Trinajstić information content (AvgIpc) is 2.65. The SMILES string of the molecule is Cc1ccc(S(=O)(=O)N2CCC[C@H](C(=O)Nc3ccc(F)c(F)c3)C2)cc1. The first kappa shape index (κ1) is 19.4. The molecule has 0 unspecified atom stereocenters. The summed E-state index contributed by atoms with van der Waals surface area (Å²) in [6, 6.07) is 9.65. The Balaban J connectivity index is 1.72. The Morgan fingerprint density at radius 3 is 2.48 bits per heavy atom. The van der Waals surface area contributed by atoms with Crippen molar-refractivity contribution < 1.29 is 22.0 Å². The summed E-state index contributed by atoms with van der Waals surface area (Å²) in [6.07, 6.45) is 1.07. The third-order valence-corrected chi connectivity index (χ3v) is 6.48. The van der Waals surface area contributed by atoms with Crippen molar-refractivity contribution in [3.63, 3.8) is 0 Å². The van der Waals surface area contributed by atoms with Gasteiger partial charge in [0, 0.05) is 24.8 Å². The standard InChI is InChI=1S/C19H20F2N2O3S/c1-13-4-7-16(8-5-13)27(25,26)23-10-2-3-14(12-23)19(24)22-15-6-9-17(20)18(21)11-15/h4-9,11,14H,2-3,10,12H2,1H3,(H,22,24)/t14-/m0/s1. The van der Waals surface area contributed by atoms with Crippen LogP contribution in [0.4, 0.5) is 14.5 Å². The van der Waals surface area contributed by atoms with Crippen LogP contribution in [0.3, 0.4) is 0 Å². The molecule has 144 valence electrons. The van der Waals surface area contributed by atoms with E-state index in [1.807, 2.05) is 6.92 Å². The number of rotatable bonds is 4. The average molecular weight is 394 g/mol. The van der Waals surface area contributed by atoms with Gasteiger partial charge in [0.15, 0.2) is 11.6 Å². The highest BCUT2D eigenvalue weighted by Gasteiger charge is 2.33. The van der Waals surface area contributed by atoms with Crippen molar-refractivity contribution in [1.82, 2.24) is 4.31 Å². The molecule has 1 fully saturated rings. The monoisotopic (exact) mass is 394 g/mol. The molecular weight excluding hydrogens is 374 g/mol. The lowest BCUT2D eigenvalue weighted by Gasteiger charge is -2.31. The highest BCUT2D eigenvalue weighted by atomic mass is 32.2. The van der Waals surface area contributed by atoms with Crippen molar-refractivity contribution in [2.75, 3.05) is 18.4 Å². The maximum absolute atomic E-state index is 13.3. The van der Waals surface area contributed by atoms with Gasteiger partial charge in [-0.15, -0.1) is 0 Å². The summed E-state index contributed by atoms with van der Waals surface area (Å²) in [5.41, 5.74) is 1.09. The third kappa shape index (κ3) is 4.33. The number of nitrogens with one attached hydrogen (secondary N) is 1. The van der Waals surface area contributed by atoms with Gasteiger partial charge in [0.2, 0.25) is 15.9 Å². The molecule has 1 aliphatic heterocycles. The summed E-state index contributed by atoms with van der Waals surface area (Å²) in [5.74, 6) is -3.03. The van der Waals surface area contributed by atoms with Crippen LogP contribution in [0.1, 0.15) is 18.4 Å². The predicted molar refractivity (Wildman–Crippen MR) is 97.6 cm³/mol. The molecule has 1 atom stereocenters. The van der Waals surface area contributed by atoms with Crippen LogP contribution >= 0.6 is 0 Å². The van der Waals surface area contributed by atoms with E-state index in [2.05, 4.69) is 5.32 Å². The van der Waals surface area contributed by atoms with E-state index in [1.165, 1.54) is 10.4 Å². The second kappa shape index (κ2) is 7.74. The molecule has 0 spiro atoms. The largest absolute Gasteiger partial charge is 0.326 e. The predicted octanol–water partition coefficient (Wildman–Crippen LogP) is 3.31. The number of sulfonamides is 1. The molecule has 1 heterocycles. The molecule has 0 aromatic heterocycles. The van der Waals surface area contributed by atoms with Crippen molar-refractivity contribution >= 4 is 21.6 Å². The van der Waals surface area contributed by atoms with Crippen LogP contribution in [-0.4, -0.2) is 31.7 Å². The molecule has 2 aromatic carbocycles. The lowest BCUT2D eigenvalue weighted by molar-refractivity contribution is -0.120. The Morgan fingerprint density at radius 2 is 1.81 bits per heavy atom. The van der Waals surface area contributed by atoms with Gasteiger partial charge in [0.25, 0.3) is 0 Å². The number of amides is 1. The summed E-state index contributed by atoms with van der Waals surface area (Å²) in [7, 11) is -3.69. The van der Waals surface area contributed by atoms with E-state index in [4.69, 9.17) is 0 Å². The molecule has 1 aliphatic rings. The molecule has 27 heavy (non-hydrogen) atoms. The van der Waals surface area contributed by atoms with Crippen molar-refractivity contribution in [2.45, 2.75) is 24.7 Å². The fourth-order valence-corrected chi connectivity index (χ4v) is 4.58. The van der Waals surface area contributed by atoms with E-state index in [0.717, 1.165) is 17.7 Å². The number of hydrogen-bond acceptors (Lipinski definition) is 3.